The number of aliphatic imine (C=N–C) groups is 1. The van der Waals surface area contributed by atoms with Gasteiger partial charge in [0.2, 0.25) is 0 Å². The molecule has 2 rings (SSSR count). The molecule has 1 atom stereocenters. The van der Waals surface area contributed by atoms with E-state index in [1.165, 1.54) is 11.8 Å². The molecule has 0 saturated heterocycles. The average Bonchev–Trinajstić information content (AvgIpc) is 2.78. The molecule has 0 bridgehead atoms. The van der Waals surface area contributed by atoms with Crippen LogP contribution in [0.2, 0.25) is 0 Å². The van der Waals surface area contributed by atoms with Crippen LogP contribution >= 0.6 is 11.8 Å². The molecule has 0 aromatic heterocycles. The normalized spacial score (nSPS) is 19.6. The monoisotopic (exact) mass is 236 g/mol. The number of aromatic hydroxyl groups is 1. The number of hydrogen-bond donors (Lipinski definition) is 2. The first-order chi connectivity index (χ1) is 7.72. The minimum absolute atomic E-state index is 0.0166. The molecule has 0 saturated carbocycles. The van der Waals surface area contributed by atoms with E-state index < -0.39 is 0 Å². The lowest BCUT2D eigenvalue weighted by atomic mass is 10.2. The maximum absolute atomic E-state index is 11.4. The number of rotatable bonds is 3. The topological polar surface area (TPSA) is 75.7 Å². The number of nitrogens with two attached hydrogens (primary N) is 1. The summed E-state index contributed by atoms with van der Waals surface area (Å²) in [5.74, 6) is 0.743. The predicted molar refractivity (Wildman–Crippen MR) is 65.0 cm³/mol. The number of thioether (sulfide) groups is 1. The third-order valence-electron chi connectivity index (χ3n) is 2.36. The fraction of sp³-hybridized carbons (Fsp3) is 0.273. The van der Waals surface area contributed by atoms with Gasteiger partial charge in [-0.1, -0.05) is 12.1 Å². The molecule has 1 unspecified atom stereocenters. The van der Waals surface area contributed by atoms with Crippen molar-refractivity contribution >= 4 is 22.6 Å². The van der Waals surface area contributed by atoms with Crippen LogP contribution in [0.15, 0.2) is 29.3 Å². The van der Waals surface area contributed by atoms with E-state index in [-0.39, 0.29) is 24.1 Å². The molecule has 0 spiro atoms. The fourth-order valence-electron chi connectivity index (χ4n) is 1.48. The number of para-hydroxylation sites is 1. The molecular weight excluding hydrogens is 224 g/mol. The molecular formula is C11H12N2O2S. The Bertz CT molecular complexity index is 445. The summed E-state index contributed by atoms with van der Waals surface area (Å²) < 4.78 is 0. The van der Waals surface area contributed by atoms with E-state index in [0.717, 1.165) is 0 Å². The Labute approximate surface area is 97.6 Å². The van der Waals surface area contributed by atoms with Gasteiger partial charge >= 0.3 is 0 Å². The van der Waals surface area contributed by atoms with Crippen molar-refractivity contribution in [3.05, 3.63) is 29.8 Å². The summed E-state index contributed by atoms with van der Waals surface area (Å²) >= 11 is 1.48. The summed E-state index contributed by atoms with van der Waals surface area (Å²) in [5, 5.41) is 10.4. The molecule has 4 nitrogen and oxygen atoms in total. The van der Waals surface area contributed by atoms with Gasteiger partial charge in [0, 0.05) is 11.3 Å². The van der Waals surface area contributed by atoms with Crippen LogP contribution in [-0.4, -0.2) is 34.3 Å². The minimum atomic E-state index is -0.357. The summed E-state index contributed by atoms with van der Waals surface area (Å²) in [6.07, 6.45) is 0. The van der Waals surface area contributed by atoms with Gasteiger partial charge in [-0.05, 0) is 12.1 Å². The maximum Gasteiger partial charge on any atom is 0.171 e. The Morgan fingerprint density at radius 3 is 3.00 bits per heavy atom. The van der Waals surface area contributed by atoms with Gasteiger partial charge in [-0.2, -0.15) is 0 Å². The second-order valence-electron chi connectivity index (χ2n) is 3.45. The molecule has 0 radical (unpaired) electrons. The highest BCUT2D eigenvalue weighted by molar-refractivity contribution is 8.14. The third kappa shape index (κ3) is 2.10. The zero-order valence-electron chi connectivity index (χ0n) is 8.59. The van der Waals surface area contributed by atoms with E-state index in [4.69, 9.17) is 5.73 Å². The van der Waals surface area contributed by atoms with E-state index in [9.17, 15) is 9.90 Å². The van der Waals surface area contributed by atoms with Crippen molar-refractivity contribution < 1.29 is 9.90 Å². The van der Waals surface area contributed by atoms with Crippen molar-refractivity contribution in [2.45, 2.75) is 6.04 Å². The molecule has 0 fully saturated rings. The van der Waals surface area contributed by atoms with Crippen molar-refractivity contribution in [1.29, 1.82) is 0 Å². The highest BCUT2D eigenvalue weighted by Crippen LogP contribution is 2.28. The lowest BCUT2D eigenvalue weighted by Gasteiger charge is -2.01. The molecule has 1 aliphatic rings. The Morgan fingerprint density at radius 2 is 2.31 bits per heavy atom. The standard InChI is InChI=1S/C11H12N2O2S/c12-5-10(15)8-6-16-11(13-8)7-3-1-2-4-9(7)14/h1-4,8,14H,5-6,12H2. The number of hydrogen-bond acceptors (Lipinski definition) is 5. The second kappa shape index (κ2) is 4.67. The van der Waals surface area contributed by atoms with Crippen molar-refractivity contribution in [3.8, 4) is 5.75 Å². The number of nitrogens with zero attached hydrogens (tertiary/aromatic N) is 1. The van der Waals surface area contributed by atoms with Gasteiger partial charge in [-0.3, -0.25) is 9.79 Å². The molecule has 84 valence electrons. The van der Waals surface area contributed by atoms with E-state index in [2.05, 4.69) is 4.99 Å². The summed E-state index contributed by atoms with van der Waals surface area (Å²) in [6, 6.07) is 6.62. The number of ketones is 1. The molecule has 5 heteroatoms. The first kappa shape index (κ1) is 11.2. The van der Waals surface area contributed by atoms with E-state index in [0.29, 0.717) is 16.4 Å². The van der Waals surface area contributed by atoms with Gasteiger partial charge in [0.25, 0.3) is 0 Å². The van der Waals surface area contributed by atoms with Crippen LogP contribution in [0.3, 0.4) is 0 Å². The van der Waals surface area contributed by atoms with Gasteiger partial charge < -0.3 is 10.8 Å². The summed E-state index contributed by atoms with van der Waals surface area (Å²) in [7, 11) is 0. The Balaban J connectivity index is 2.25. The van der Waals surface area contributed by atoms with Crippen LogP contribution in [0.5, 0.6) is 5.75 Å². The highest BCUT2D eigenvalue weighted by Gasteiger charge is 2.25. The minimum Gasteiger partial charge on any atom is -0.507 e. The SMILES string of the molecule is NCC(=O)C1CSC(c2ccccc2O)=N1. The number of Topliss-reactive ketones (excluding diaryl/α,β-unsaturated/α-hetero) is 1. The molecule has 1 heterocycles. The van der Waals surface area contributed by atoms with Crippen molar-refractivity contribution in [2.75, 3.05) is 12.3 Å². The van der Waals surface area contributed by atoms with Crippen LogP contribution in [0, 0.1) is 0 Å². The Hall–Kier alpha value is -1.33. The Kier molecular flexibility index (Phi) is 3.26. The lowest BCUT2D eigenvalue weighted by Crippen LogP contribution is -2.26. The van der Waals surface area contributed by atoms with Crippen LogP contribution < -0.4 is 5.73 Å². The van der Waals surface area contributed by atoms with Gasteiger partial charge in [0.15, 0.2) is 5.78 Å². The molecule has 1 aliphatic heterocycles. The zero-order chi connectivity index (χ0) is 11.5. The molecule has 3 N–H and O–H groups in total. The van der Waals surface area contributed by atoms with Crippen molar-refractivity contribution in [2.24, 2.45) is 10.7 Å². The van der Waals surface area contributed by atoms with Gasteiger partial charge in [-0.15, -0.1) is 11.8 Å². The molecule has 1 aromatic carbocycles. The summed E-state index contributed by atoms with van der Waals surface area (Å²) in [5.41, 5.74) is 5.97. The fourth-order valence-corrected chi connectivity index (χ4v) is 2.58. The smallest absolute Gasteiger partial charge is 0.171 e. The first-order valence-electron chi connectivity index (χ1n) is 4.94. The summed E-state index contributed by atoms with van der Waals surface area (Å²) in [4.78, 5) is 15.6. The van der Waals surface area contributed by atoms with Crippen molar-refractivity contribution in [3.63, 3.8) is 0 Å². The highest BCUT2D eigenvalue weighted by atomic mass is 32.2. The Morgan fingerprint density at radius 1 is 1.56 bits per heavy atom. The molecule has 0 amide bonds. The lowest BCUT2D eigenvalue weighted by molar-refractivity contribution is -0.118. The molecule has 0 aliphatic carbocycles. The van der Waals surface area contributed by atoms with E-state index in [1.54, 1.807) is 18.2 Å². The maximum atomic E-state index is 11.4. The number of benzene rings is 1. The zero-order valence-corrected chi connectivity index (χ0v) is 9.41. The third-order valence-corrected chi connectivity index (χ3v) is 3.44. The largest absolute Gasteiger partial charge is 0.507 e. The predicted octanol–water partition coefficient (Wildman–Crippen LogP) is 0.782. The summed E-state index contributed by atoms with van der Waals surface area (Å²) in [6.45, 7) is 0.0166. The second-order valence-corrected chi connectivity index (χ2v) is 4.46. The van der Waals surface area contributed by atoms with E-state index in [1.807, 2.05) is 6.07 Å². The number of carbonyl (C=O) groups is 1. The van der Waals surface area contributed by atoms with Crippen molar-refractivity contribution in [1.82, 2.24) is 0 Å². The van der Waals surface area contributed by atoms with Gasteiger partial charge in [-0.25, -0.2) is 0 Å². The van der Waals surface area contributed by atoms with Crippen LogP contribution in [0.1, 0.15) is 5.56 Å². The van der Waals surface area contributed by atoms with E-state index >= 15 is 0 Å². The van der Waals surface area contributed by atoms with Gasteiger partial charge in [0.05, 0.1) is 6.54 Å². The number of phenolic OH excluding ortho intramolecular Hbond substituents is 1. The van der Waals surface area contributed by atoms with Crippen LogP contribution in [0.4, 0.5) is 0 Å². The number of carbonyl (C=O) groups excluding carboxylic acids is 1. The first-order valence-corrected chi connectivity index (χ1v) is 5.92. The molecule has 16 heavy (non-hydrogen) atoms. The molecule has 1 aromatic rings. The quantitative estimate of drug-likeness (QED) is 0.813. The van der Waals surface area contributed by atoms with Crippen LogP contribution in [-0.2, 0) is 4.79 Å². The van der Waals surface area contributed by atoms with Crippen LogP contribution in [0.25, 0.3) is 0 Å². The van der Waals surface area contributed by atoms with Gasteiger partial charge in [0.1, 0.15) is 16.8 Å². The average molecular weight is 236 g/mol. The number of phenols is 1.